The molecule has 4 atom stereocenters. The van der Waals surface area contributed by atoms with Gasteiger partial charge in [-0.1, -0.05) is 72.8 Å². The molecular weight excluding hydrogens is 847 g/mol. The number of hydrogen-bond acceptors (Lipinski definition) is 12. The van der Waals surface area contributed by atoms with Crippen molar-refractivity contribution in [1.29, 1.82) is 0 Å². The van der Waals surface area contributed by atoms with Crippen LogP contribution in [0, 0.1) is 11.6 Å². The predicted molar refractivity (Wildman–Crippen MR) is 252 cm³/mol. The van der Waals surface area contributed by atoms with Crippen molar-refractivity contribution in [2.24, 2.45) is 5.73 Å². The number of nitrogens with two attached hydrogens (primary N) is 1. The average molecular weight is 905 g/mol. The van der Waals surface area contributed by atoms with Crippen LogP contribution >= 0.6 is 0 Å². The zero-order chi connectivity index (χ0) is 46.4. The molecule has 6 N–H and O–H groups in total. The molecule has 3 fully saturated rings. The summed E-state index contributed by atoms with van der Waals surface area (Å²) in [7, 11) is 0. The number of rotatable bonds is 15. The minimum atomic E-state index is -0.885. The fourth-order valence-corrected chi connectivity index (χ4v) is 8.32. The van der Waals surface area contributed by atoms with E-state index in [4.69, 9.17) is 15.6 Å². The van der Waals surface area contributed by atoms with Crippen molar-refractivity contribution in [3.63, 3.8) is 0 Å². The average Bonchev–Trinajstić information content (AvgIpc) is 4.15. The van der Waals surface area contributed by atoms with E-state index in [1.165, 1.54) is 18.2 Å². The van der Waals surface area contributed by atoms with Gasteiger partial charge >= 0.3 is 11.9 Å². The van der Waals surface area contributed by atoms with Gasteiger partial charge in [0, 0.05) is 107 Å². The molecule has 16 heteroatoms. The molecule has 66 heavy (non-hydrogen) atoms. The molecule has 0 amide bonds. The molecule has 3 aliphatic heterocycles. The molecule has 3 saturated heterocycles. The van der Waals surface area contributed by atoms with E-state index in [9.17, 15) is 28.6 Å². The van der Waals surface area contributed by atoms with Crippen LogP contribution in [0.5, 0.6) is 0 Å². The Morgan fingerprint density at radius 2 is 1.17 bits per heavy atom. The van der Waals surface area contributed by atoms with E-state index in [1.807, 2.05) is 78.9 Å². The molecule has 0 radical (unpaired) electrons. The fraction of sp³-hybridized carbons (Fsp3) is 0.360. The van der Waals surface area contributed by atoms with Crippen molar-refractivity contribution in [3.8, 4) is 0 Å². The van der Waals surface area contributed by atoms with Gasteiger partial charge in [0.1, 0.15) is 23.3 Å². The lowest BCUT2D eigenvalue weighted by atomic mass is 10.0. The summed E-state index contributed by atoms with van der Waals surface area (Å²) in [6, 6.07) is 31.3. The quantitative estimate of drug-likeness (QED) is 0.0789. The number of pyridine rings is 2. The topological polar surface area (TPSA) is 184 Å². The second kappa shape index (κ2) is 23.4. The number of epoxide rings is 1. The summed E-state index contributed by atoms with van der Waals surface area (Å²) in [4.78, 5) is 39.6. The number of piperazine rings is 2. The molecule has 14 nitrogen and oxygen atoms in total. The Morgan fingerprint density at radius 1 is 0.682 bits per heavy atom. The maximum atomic E-state index is 13.8. The van der Waals surface area contributed by atoms with Crippen LogP contribution in [-0.2, 0) is 14.3 Å². The number of aliphatic carboxylic acids is 2. The van der Waals surface area contributed by atoms with Gasteiger partial charge in [0.15, 0.2) is 0 Å². The van der Waals surface area contributed by atoms with Crippen molar-refractivity contribution >= 4 is 45.1 Å². The molecule has 9 rings (SSSR count). The molecule has 3 aliphatic rings. The van der Waals surface area contributed by atoms with Crippen molar-refractivity contribution in [1.82, 2.24) is 25.1 Å². The van der Waals surface area contributed by atoms with Crippen LogP contribution in [0.2, 0.25) is 0 Å². The van der Waals surface area contributed by atoms with Crippen LogP contribution in [0.3, 0.4) is 0 Å². The standard InChI is InChI=1S/C25H29FN4O3.C16H18FN3O.C9H11NO2/c26-20-7-6-18-8-9-27-25(22(18)14-20)30-12-10-29(11-13-30)17-21(31)16-28-23(15-24(32)33)19-4-2-1-3-5-19;17-13-2-1-12-3-4-18-16(15(12)9-13)20-7-5-19(6-8-20)10-14-11-21-14;10-8(6-9(11)12)7-4-2-1-3-5-7/h1-9,14,21,23,28,31H,10-13,15-17H2,(H,32,33);1-4,9,14H,5-8,10-11H2;1-5,8H,6,10H2,(H,11,12)/t21-,23+;;8-/m0.1/s1. The Balaban J connectivity index is 0.000000166. The first-order chi connectivity index (χ1) is 32.0. The van der Waals surface area contributed by atoms with E-state index in [1.54, 1.807) is 24.5 Å². The van der Waals surface area contributed by atoms with Gasteiger partial charge in [-0.2, -0.15) is 0 Å². The second-order valence-corrected chi connectivity index (χ2v) is 16.8. The van der Waals surface area contributed by atoms with Gasteiger partial charge in [0.25, 0.3) is 0 Å². The number of β-amino-alcohol motifs (C(OH)–C–C–N with tert-alkyl or cyclic N) is 1. The van der Waals surface area contributed by atoms with Crippen LogP contribution < -0.4 is 20.9 Å². The number of nitrogens with zero attached hydrogens (tertiary/aromatic N) is 6. The van der Waals surface area contributed by atoms with E-state index < -0.39 is 24.1 Å². The molecule has 0 bridgehead atoms. The Morgan fingerprint density at radius 3 is 1.65 bits per heavy atom. The lowest BCUT2D eigenvalue weighted by molar-refractivity contribution is -0.138. The lowest BCUT2D eigenvalue weighted by Gasteiger charge is -2.36. The number of anilines is 2. The number of fused-ring (bicyclic) bond motifs is 2. The fourth-order valence-electron chi connectivity index (χ4n) is 8.32. The molecule has 0 saturated carbocycles. The van der Waals surface area contributed by atoms with E-state index in [0.717, 1.165) is 110 Å². The number of hydrogen-bond donors (Lipinski definition) is 5. The third-order valence-electron chi connectivity index (χ3n) is 11.9. The van der Waals surface area contributed by atoms with E-state index in [-0.39, 0.29) is 30.5 Å². The van der Waals surface area contributed by atoms with Crippen LogP contribution in [0.4, 0.5) is 20.4 Å². The van der Waals surface area contributed by atoms with Crippen LogP contribution in [0.1, 0.15) is 36.1 Å². The largest absolute Gasteiger partial charge is 0.481 e. The maximum absolute atomic E-state index is 13.8. The van der Waals surface area contributed by atoms with Gasteiger partial charge in [-0.05, 0) is 58.3 Å². The molecule has 5 heterocycles. The van der Waals surface area contributed by atoms with Gasteiger partial charge in [0.2, 0.25) is 0 Å². The summed E-state index contributed by atoms with van der Waals surface area (Å²) in [5, 5.41) is 35.2. The van der Waals surface area contributed by atoms with Gasteiger partial charge in [-0.15, -0.1) is 0 Å². The molecule has 2 aromatic heterocycles. The number of benzene rings is 4. The monoisotopic (exact) mass is 904 g/mol. The number of aliphatic hydroxyl groups excluding tert-OH is 1. The lowest BCUT2D eigenvalue weighted by Crippen LogP contribution is -2.50. The van der Waals surface area contributed by atoms with E-state index in [0.29, 0.717) is 19.2 Å². The summed E-state index contributed by atoms with van der Waals surface area (Å²) in [6.45, 7) is 9.57. The minimum absolute atomic E-state index is 0.0238. The Hall–Kier alpha value is -6.14. The van der Waals surface area contributed by atoms with Crippen molar-refractivity contribution in [2.45, 2.75) is 37.1 Å². The molecule has 348 valence electrons. The van der Waals surface area contributed by atoms with Crippen molar-refractivity contribution in [2.75, 3.05) is 88.4 Å². The first kappa shape index (κ1) is 47.8. The molecule has 0 spiro atoms. The number of halogens is 2. The Kier molecular flexibility index (Phi) is 16.9. The molecular formula is C50H58F2N8O6. The number of nitrogens with one attached hydrogen (secondary N) is 1. The number of aliphatic hydroxyl groups is 1. The Labute approximate surface area is 383 Å². The summed E-state index contributed by atoms with van der Waals surface area (Å²) in [5.41, 5.74) is 7.36. The number of carbonyl (C=O) groups is 2. The van der Waals surface area contributed by atoms with Crippen LogP contribution in [0.15, 0.2) is 122 Å². The van der Waals surface area contributed by atoms with E-state index in [2.05, 4.69) is 34.9 Å². The maximum Gasteiger partial charge on any atom is 0.305 e. The zero-order valence-corrected chi connectivity index (χ0v) is 36.8. The highest BCUT2D eigenvalue weighted by Crippen LogP contribution is 2.28. The van der Waals surface area contributed by atoms with Crippen molar-refractivity contribution < 1.29 is 38.4 Å². The number of carboxylic acids is 2. The minimum Gasteiger partial charge on any atom is -0.481 e. The first-order valence-corrected chi connectivity index (χ1v) is 22.3. The van der Waals surface area contributed by atoms with Gasteiger partial charge in [-0.25, -0.2) is 18.7 Å². The van der Waals surface area contributed by atoms with Crippen molar-refractivity contribution in [3.05, 3.63) is 144 Å². The summed E-state index contributed by atoms with van der Waals surface area (Å²) < 4.78 is 32.6. The zero-order valence-electron chi connectivity index (χ0n) is 36.8. The van der Waals surface area contributed by atoms with Gasteiger partial charge < -0.3 is 40.9 Å². The number of carboxylic acid groups (broad SMARTS) is 2. The third kappa shape index (κ3) is 13.9. The highest BCUT2D eigenvalue weighted by atomic mass is 19.1. The SMILES string of the molecule is Fc1ccc2ccnc(N3CCN(CC4CO4)CC3)c2c1.N[C@H](CC(=O)O)c1ccccc1.O=C(O)C[C@@H](NC[C@H](O)CN1CCN(c2nccc3ccc(F)cc23)CC1)c1ccccc1. The predicted octanol–water partition coefficient (Wildman–Crippen LogP) is 5.72. The van der Waals surface area contributed by atoms with Crippen LogP contribution in [-0.4, -0.2) is 138 Å². The summed E-state index contributed by atoms with van der Waals surface area (Å²) >= 11 is 0. The van der Waals surface area contributed by atoms with Gasteiger partial charge in [-0.3, -0.25) is 19.4 Å². The molecule has 1 unspecified atom stereocenters. The van der Waals surface area contributed by atoms with E-state index >= 15 is 0 Å². The normalized spacial score (nSPS) is 17.8. The third-order valence-corrected chi connectivity index (χ3v) is 11.9. The first-order valence-electron chi connectivity index (χ1n) is 22.3. The molecule has 6 aromatic rings. The van der Waals surface area contributed by atoms with Crippen LogP contribution in [0.25, 0.3) is 21.5 Å². The Bertz CT molecular complexity index is 2490. The second-order valence-electron chi connectivity index (χ2n) is 16.8. The summed E-state index contributed by atoms with van der Waals surface area (Å²) in [5.74, 6) is -0.554. The molecule has 0 aliphatic carbocycles. The summed E-state index contributed by atoms with van der Waals surface area (Å²) in [6.07, 6.45) is 3.30. The highest BCUT2D eigenvalue weighted by Gasteiger charge is 2.28. The highest BCUT2D eigenvalue weighted by molar-refractivity contribution is 5.93. The smallest absolute Gasteiger partial charge is 0.305 e. The number of aromatic nitrogens is 2. The molecule has 4 aromatic carbocycles. The number of ether oxygens (including phenoxy) is 1. The van der Waals surface area contributed by atoms with Gasteiger partial charge in [0.05, 0.1) is 31.7 Å².